The van der Waals surface area contributed by atoms with E-state index >= 15 is 0 Å². The molecule has 1 atom stereocenters. The Bertz CT molecular complexity index is 522. The molecule has 0 aromatic heterocycles. The zero-order chi connectivity index (χ0) is 15.8. The molecule has 0 saturated heterocycles. The minimum absolute atomic E-state index is 0. The highest BCUT2D eigenvalue weighted by atomic mass is 35.5. The van der Waals surface area contributed by atoms with Gasteiger partial charge in [0, 0.05) is 31.1 Å². The van der Waals surface area contributed by atoms with Gasteiger partial charge in [0.15, 0.2) is 0 Å². The SMILES string of the molecule is CCCNCCNC(=O)CCC1Cc2ccccc2NC1=O.Cl. The van der Waals surface area contributed by atoms with E-state index < -0.39 is 0 Å². The van der Waals surface area contributed by atoms with Gasteiger partial charge < -0.3 is 16.0 Å². The van der Waals surface area contributed by atoms with E-state index in [9.17, 15) is 9.59 Å². The van der Waals surface area contributed by atoms with Crippen LogP contribution >= 0.6 is 12.4 Å². The van der Waals surface area contributed by atoms with Crippen molar-refractivity contribution in [3.63, 3.8) is 0 Å². The molecule has 2 amide bonds. The first-order valence-corrected chi connectivity index (χ1v) is 8.07. The first kappa shape index (κ1) is 19.5. The minimum Gasteiger partial charge on any atom is -0.355 e. The van der Waals surface area contributed by atoms with Gasteiger partial charge in [0.1, 0.15) is 0 Å². The zero-order valence-electron chi connectivity index (χ0n) is 13.6. The molecule has 0 radical (unpaired) electrons. The fraction of sp³-hybridized carbons (Fsp3) is 0.529. The van der Waals surface area contributed by atoms with Gasteiger partial charge >= 0.3 is 0 Å². The van der Waals surface area contributed by atoms with E-state index in [1.807, 2.05) is 24.3 Å². The van der Waals surface area contributed by atoms with Gasteiger partial charge in [-0.15, -0.1) is 12.4 Å². The van der Waals surface area contributed by atoms with Crippen LogP contribution < -0.4 is 16.0 Å². The van der Waals surface area contributed by atoms with Crippen molar-refractivity contribution in [3.05, 3.63) is 29.8 Å². The van der Waals surface area contributed by atoms with Gasteiger partial charge in [-0.2, -0.15) is 0 Å². The molecule has 1 aliphatic heterocycles. The summed E-state index contributed by atoms with van der Waals surface area (Å²) in [6.07, 6.45) is 2.79. The summed E-state index contributed by atoms with van der Waals surface area (Å²) >= 11 is 0. The van der Waals surface area contributed by atoms with Gasteiger partial charge in [-0.1, -0.05) is 25.1 Å². The third kappa shape index (κ3) is 6.20. The van der Waals surface area contributed by atoms with E-state index in [0.29, 0.717) is 25.8 Å². The second-order valence-corrected chi connectivity index (χ2v) is 5.69. The molecule has 0 saturated carbocycles. The molecule has 1 unspecified atom stereocenters. The Balaban J connectivity index is 0.00000264. The molecule has 1 aliphatic rings. The van der Waals surface area contributed by atoms with Crippen LogP contribution in [0.15, 0.2) is 24.3 Å². The van der Waals surface area contributed by atoms with Crippen molar-refractivity contribution < 1.29 is 9.59 Å². The Morgan fingerprint density at radius 2 is 2.04 bits per heavy atom. The van der Waals surface area contributed by atoms with Crippen molar-refractivity contribution in [1.29, 1.82) is 0 Å². The molecule has 0 aliphatic carbocycles. The molecular formula is C17H26ClN3O2. The van der Waals surface area contributed by atoms with Crippen LogP contribution in [0.5, 0.6) is 0 Å². The van der Waals surface area contributed by atoms with Gasteiger partial charge in [-0.25, -0.2) is 0 Å². The molecule has 6 heteroatoms. The lowest BCUT2D eigenvalue weighted by Gasteiger charge is -2.24. The highest BCUT2D eigenvalue weighted by Crippen LogP contribution is 2.27. The Kier molecular flexibility index (Phi) is 8.66. The number of hydrogen-bond acceptors (Lipinski definition) is 3. The summed E-state index contributed by atoms with van der Waals surface area (Å²) in [7, 11) is 0. The van der Waals surface area contributed by atoms with E-state index in [-0.39, 0.29) is 30.1 Å². The molecular weight excluding hydrogens is 314 g/mol. The predicted octanol–water partition coefficient (Wildman–Crippen LogP) is 2.12. The molecule has 1 heterocycles. The highest BCUT2D eigenvalue weighted by Gasteiger charge is 2.26. The molecule has 0 spiro atoms. The summed E-state index contributed by atoms with van der Waals surface area (Å²) in [5.41, 5.74) is 2.05. The Hall–Kier alpha value is -1.59. The fourth-order valence-corrected chi connectivity index (χ4v) is 2.63. The number of hydrogen-bond donors (Lipinski definition) is 3. The van der Waals surface area contributed by atoms with Gasteiger partial charge in [0.2, 0.25) is 11.8 Å². The normalized spacial score (nSPS) is 16.0. The number of amides is 2. The quantitative estimate of drug-likeness (QED) is 0.635. The minimum atomic E-state index is -0.112. The largest absolute Gasteiger partial charge is 0.355 e. The van der Waals surface area contributed by atoms with Crippen LogP contribution in [0.25, 0.3) is 0 Å². The number of halogens is 1. The summed E-state index contributed by atoms with van der Waals surface area (Å²) in [5, 5.41) is 9.04. The summed E-state index contributed by atoms with van der Waals surface area (Å²) in [5.74, 6) is -0.0695. The molecule has 1 aromatic rings. The number of fused-ring (bicyclic) bond motifs is 1. The maximum atomic E-state index is 12.0. The summed E-state index contributed by atoms with van der Waals surface area (Å²) < 4.78 is 0. The van der Waals surface area contributed by atoms with Gasteiger partial charge in [0.25, 0.3) is 0 Å². The van der Waals surface area contributed by atoms with E-state index in [4.69, 9.17) is 0 Å². The molecule has 128 valence electrons. The second-order valence-electron chi connectivity index (χ2n) is 5.69. The summed E-state index contributed by atoms with van der Waals surface area (Å²) in [4.78, 5) is 23.8. The van der Waals surface area contributed by atoms with Crippen LogP contribution in [0.2, 0.25) is 0 Å². The van der Waals surface area contributed by atoms with Crippen molar-refractivity contribution in [1.82, 2.24) is 10.6 Å². The number of benzene rings is 1. The average Bonchev–Trinajstić information content (AvgIpc) is 2.52. The third-order valence-electron chi connectivity index (χ3n) is 3.88. The number of carbonyl (C=O) groups is 2. The van der Waals surface area contributed by atoms with Gasteiger partial charge in [-0.05, 0) is 37.4 Å². The van der Waals surface area contributed by atoms with Crippen molar-refractivity contribution in [2.24, 2.45) is 5.92 Å². The number of para-hydroxylation sites is 1. The van der Waals surface area contributed by atoms with Crippen molar-refractivity contribution in [2.45, 2.75) is 32.6 Å². The molecule has 0 bridgehead atoms. The maximum Gasteiger partial charge on any atom is 0.227 e. The zero-order valence-corrected chi connectivity index (χ0v) is 14.4. The number of rotatable bonds is 8. The Morgan fingerprint density at radius 3 is 2.83 bits per heavy atom. The van der Waals surface area contributed by atoms with Crippen LogP contribution in [0, 0.1) is 5.92 Å². The molecule has 0 fully saturated rings. The third-order valence-corrected chi connectivity index (χ3v) is 3.88. The lowest BCUT2D eigenvalue weighted by molar-refractivity contribution is -0.122. The smallest absolute Gasteiger partial charge is 0.227 e. The van der Waals surface area contributed by atoms with Crippen LogP contribution in [0.4, 0.5) is 5.69 Å². The lowest BCUT2D eigenvalue weighted by Crippen LogP contribution is -2.34. The van der Waals surface area contributed by atoms with E-state index in [1.54, 1.807) is 0 Å². The number of carbonyl (C=O) groups excluding carboxylic acids is 2. The van der Waals surface area contributed by atoms with Crippen LogP contribution in [0.3, 0.4) is 0 Å². The Labute approximate surface area is 144 Å². The first-order valence-electron chi connectivity index (χ1n) is 8.07. The molecule has 1 aromatic carbocycles. The lowest BCUT2D eigenvalue weighted by atomic mass is 9.89. The van der Waals surface area contributed by atoms with E-state index in [0.717, 1.165) is 30.8 Å². The summed E-state index contributed by atoms with van der Waals surface area (Å²) in [6, 6.07) is 7.84. The monoisotopic (exact) mass is 339 g/mol. The standard InChI is InChI=1S/C17H25N3O2.ClH/c1-2-9-18-10-11-19-16(21)8-7-14-12-13-5-3-4-6-15(13)20-17(14)22;/h3-6,14,18H,2,7-12H2,1H3,(H,19,21)(H,20,22);1H. The highest BCUT2D eigenvalue weighted by molar-refractivity contribution is 5.96. The topological polar surface area (TPSA) is 70.2 Å². The molecule has 5 nitrogen and oxygen atoms in total. The van der Waals surface area contributed by atoms with Crippen LogP contribution in [0.1, 0.15) is 31.7 Å². The van der Waals surface area contributed by atoms with Crippen LogP contribution in [-0.2, 0) is 16.0 Å². The van der Waals surface area contributed by atoms with E-state index in [2.05, 4.69) is 22.9 Å². The number of nitrogens with one attached hydrogen (secondary N) is 3. The molecule has 23 heavy (non-hydrogen) atoms. The van der Waals surface area contributed by atoms with Gasteiger partial charge in [-0.3, -0.25) is 9.59 Å². The first-order chi connectivity index (χ1) is 10.7. The maximum absolute atomic E-state index is 12.0. The van der Waals surface area contributed by atoms with E-state index in [1.165, 1.54) is 0 Å². The number of anilines is 1. The van der Waals surface area contributed by atoms with Crippen LogP contribution in [-0.4, -0.2) is 31.4 Å². The van der Waals surface area contributed by atoms with Crippen molar-refractivity contribution in [3.8, 4) is 0 Å². The fourth-order valence-electron chi connectivity index (χ4n) is 2.63. The molecule has 3 N–H and O–H groups in total. The average molecular weight is 340 g/mol. The predicted molar refractivity (Wildman–Crippen MR) is 94.9 cm³/mol. The second kappa shape index (κ2) is 10.2. The molecule has 2 rings (SSSR count). The van der Waals surface area contributed by atoms with Gasteiger partial charge in [0.05, 0.1) is 0 Å². The summed E-state index contributed by atoms with van der Waals surface area (Å²) in [6.45, 7) is 4.51. The van der Waals surface area contributed by atoms with Crippen molar-refractivity contribution >= 4 is 29.9 Å². The van der Waals surface area contributed by atoms with Crippen molar-refractivity contribution in [2.75, 3.05) is 25.0 Å². The Morgan fingerprint density at radius 1 is 1.26 bits per heavy atom.